The lowest BCUT2D eigenvalue weighted by Crippen LogP contribution is -2.03. The maximum atomic E-state index is 6.69. The van der Waals surface area contributed by atoms with E-state index in [0.717, 1.165) is 60.9 Å². The third-order valence-corrected chi connectivity index (χ3v) is 12.7. The zero-order valence-electron chi connectivity index (χ0n) is 29.8. The summed E-state index contributed by atoms with van der Waals surface area (Å²) in [6, 6.07) is 60.4. The van der Waals surface area contributed by atoms with Crippen LogP contribution in [0.5, 0.6) is 0 Å². The molecule has 6 heteroatoms. The van der Waals surface area contributed by atoms with Crippen molar-refractivity contribution in [3.05, 3.63) is 170 Å². The van der Waals surface area contributed by atoms with E-state index in [1.807, 2.05) is 23.5 Å². The molecule has 13 aromatic rings. The topological polar surface area (TPSA) is 48.8 Å². The van der Waals surface area contributed by atoms with Crippen LogP contribution >= 0.6 is 11.3 Å². The Morgan fingerprint density at radius 2 is 1.11 bits per heavy atom. The normalized spacial score (nSPS) is 12.3. The number of benzene rings is 8. The van der Waals surface area contributed by atoms with Gasteiger partial charge in [-0.2, -0.15) is 0 Å². The molecule has 0 bridgehead atoms. The predicted molar refractivity (Wildman–Crippen MR) is 234 cm³/mol. The van der Waals surface area contributed by atoms with Crippen LogP contribution in [0.4, 0.5) is 0 Å². The molecule has 0 saturated heterocycles. The summed E-state index contributed by atoms with van der Waals surface area (Å²) < 4.78 is 13.9. The lowest BCUT2D eigenvalue weighted by Gasteiger charge is -2.12. The maximum absolute atomic E-state index is 6.69. The van der Waals surface area contributed by atoms with Crippen molar-refractivity contribution in [2.75, 3.05) is 0 Å². The fraction of sp³-hybridized carbons (Fsp3) is 0. The zero-order valence-corrected chi connectivity index (χ0v) is 30.6. The Kier molecular flexibility index (Phi) is 5.98. The largest absolute Gasteiger partial charge is 0.452 e. The second-order valence-electron chi connectivity index (χ2n) is 14.5. The predicted octanol–water partition coefficient (Wildman–Crippen LogP) is 13.8. The number of hydrogen-bond acceptors (Lipinski definition) is 4. The van der Waals surface area contributed by atoms with E-state index in [-0.39, 0.29) is 0 Å². The van der Waals surface area contributed by atoms with Gasteiger partial charge in [0, 0.05) is 69.1 Å². The van der Waals surface area contributed by atoms with Gasteiger partial charge in [0.25, 0.3) is 0 Å². The Morgan fingerprint density at radius 1 is 0.464 bits per heavy atom. The minimum Gasteiger partial charge on any atom is -0.452 e. The molecule has 5 heterocycles. The van der Waals surface area contributed by atoms with Gasteiger partial charge in [-0.15, -0.1) is 11.3 Å². The minimum absolute atomic E-state index is 0.612. The quantitative estimate of drug-likeness (QED) is 0.182. The van der Waals surface area contributed by atoms with E-state index in [0.29, 0.717) is 11.5 Å². The van der Waals surface area contributed by atoms with Crippen molar-refractivity contribution in [1.82, 2.24) is 19.1 Å². The van der Waals surface area contributed by atoms with Crippen LogP contribution in [0.25, 0.3) is 120 Å². The number of fused-ring (bicyclic) bond motifs is 16. The van der Waals surface area contributed by atoms with E-state index in [9.17, 15) is 0 Å². The third kappa shape index (κ3) is 3.98. The molecule has 0 saturated carbocycles. The van der Waals surface area contributed by atoms with E-state index in [1.54, 1.807) is 0 Å². The van der Waals surface area contributed by atoms with Crippen molar-refractivity contribution >= 4 is 108 Å². The molecule has 5 aromatic heterocycles. The second kappa shape index (κ2) is 11.1. The molecule has 0 atom stereocenters. The summed E-state index contributed by atoms with van der Waals surface area (Å²) in [5.41, 5.74) is 9.59. The van der Waals surface area contributed by atoms with Crippen LogP contribution in [-0.2, 0) is 0 Å². The van der Waals surface area contributed by atoms with Crippen molar-refractivity contribution in [1.29, 1.82) is 0 Å². The van der Waals surface area contributed by atoms with E-state index in [4.69, 9.17) is 14.4 Å². The van der Waals surface area contributed by atoms with Crippen LogP contribution < -0.4 is 0 Å². The highest BCUT2D eigenvalue weighted by Gasteiger charge is 2.25. The van der Waals surface area contributed by atoms with Gasteiger partial charge in [-0.05, 0) is 54.6 Å². The average molecular weight is 733 g/mol. The van der Waals surface area contributed by atoms with Crippen molar-refractivity contribution in [3.63, 3.8) is 0 Å². The molecule has 5 nitrogen and oxygen atoms in total. The van der Waals surface area contributed by atoms with Gasteiger partial charge in [0.15, 0.2) is 5.58 Å². The van der Waals surface area contributed by atoms with Gasteiger partial charge in [0.05, 0.1) is 22.1 Å². The van der Waals surface area contributed by atoms with Gasteiger partial charge >= 0.3 is 0 Å². The van der Waals surface area contributed by atoms with E-state index >= 15 is 0 Å². The third-order valence-electron chi connectivity index (χ3n) is 11.5. The van der Waals surface area contributed by atoms with Gasteiger partial charge in [-0.25, -0.2) is 9.97 Å². The van der Waals surface area contributed by atoms with E-state index in [2.05, 4.69) is 167 Å². The molecule has 0 spiro atoms. The first-order chi connectivity index (χ1) is 27.8. The highest BCUT2D eigenvalue weighted by Crippen LogP contribution is 2.48. The molecule has 0 amide bonds. The lowest BCUT2D eigenvalue weighted by atomic mass is 10.00. The van der Waals surface area contributed by atoms with Crippen LogP contribution in [0.3, 0.4) is 0 Å². The van der Waals surface area contributed by atoms with E-state index < -0.39 is 0 Å². The standard InChI is InChI=1S/C50H28N4OS/c1-2-14-30(15-3-1)53-38-22-10-6-16-31(38)37-28-29(26-27-40(37)53)45-48-46(35-20-8-12-24-41(35)55-48)52-50(51-45)54-39-23-11-7-19-34(39)43-44-36-21-9-13-25-42(36)56-49(44)33-18-5-4-17-32(33)47(43)54/h1-28H. The number of nitrogens with zero attached hydrogens (tertiary/aromatic N) is 4. The summed E-state index contributed by atoms with van der Waals surface area (Å²) in [5.74, 6) is 0.612. The van der Waals surface area contributed by atoms with Crippen molar-refractivity contribution < 1.29 is 4.42 Å². The molecular formula is C50H28N4OS. The number of hydrogen-bond donors (Lipinski definition) is 0. The molecule has 56 heavy (non-hydrogen) atoms. The van der Waals surface area contributed by atoms with Crippen molar-refractivity contribution in [3.8, 4) is 22.9 Å². The number of para-hydroxylation sites is 4. The summed E-state index contributed by atoms with van der Waals surface area (Å²) in [5, 5.41) is 10.7. The molecule has 0 unspecified atom stereocenters. The maximum Gasteiger partial charge on any atom is 0.236 e. The molecule has 8 aromatic carbocycles. The fourth-order valence-corrected chi connectivity index (χ4v) is 10.4. The molecule has 0 N–H and O–H groups in total. The Hall–Kier alpha value is -7.28. The summed E-state index contributed by atoms with van der Waals surface area (Å²) in [6.45, 7) is 0. The number of rotatable bonds is 3. The molecule has 0 aliphatic carbocycles. The fourth-order valence-electron chi connectivity index (χ4n) is 9.18. The van der Waals surface area contributed by atoms with Gasteiger partial charge < -0.3 is 8.98 Å². The van der Waals surface area contributed by atoms with Crippen molar-refractivity contribution in [2.24, 2.45) is 0 Å². The average Bonchev–Trinajstić information content (AvgIpc) is 4.01. The van der Waals surface area contributed by atoms with Gasteiger partial charge in [0.2, 0.25) is 5.95 Å². The van der Waals surface area contributed by atoms with Gasteiger partial charge in [0.1, 0.15) is 16.8 Å². The highest BCUT2D eigenvalue weighted by atomic mass is 32.1. The summed E-state index contributed by atoms with van der Waals surface area (Å²) >= 11 is 1.87. The van der Waals surface area contributed by atoms with Crippen LogP contribution in [0.2, 0.25) is 0 Å². The summed E-state index contributed by atoms with van der Waals surface area (Å²) in [4.78, 5) is 11.0. The Balaban J connectivity index is 1.18. The van der Waals surface area contributed by atoms with Crippen LogP contribution in [0.15, 0.2) is 174 Å². The molecule has 260 valence electrons. The highest BCUT2D eigenvalue weighted by molar-refractivity contribution is 7.27. The molecule has 0 aliphatic heterocycles. The van der Waals surface area contributed by atoms with Gasteiger partial charge in [-0.3, -0.25) is 4.57 Å². The SMILES string of the molecule is c1ccc(-n2c3ccccc3c3cc(-c4nc(-n5c6ccccc6c6c7c8ccccc8sc7c7ccccc7c65)nc5c4oc4ccccc45)ccc32)cc1. The second-order valence-corrected chi connectivity index (χ2v) is 15.5. The molecule has 0 radical (unpaired) electrons. The van der Waals surface area contributed by atoms with Crippen LogP contribution in [0, 0.1) is 0 Å². The Bertz CT molecular complexity index is 3770. The first-order valence-electron chi connectivity index (χ1n) is 18.8. The van der Waals surface area contributed by atoms with Crippen LogP contribution in [-0.4, -0.2) is 19.1 Å². The Labute approximate surface area is 322 Å². The van der Waals surface area contributed by atoms with Crippen molar-refractivity contribution in [2.45, 2.75) is 0 Å². The lowest BCUT2D eigenvalue weighted by molar-refractivity contribution is 0.666. The first kappa shape index (κ1) is 30.1. The van der Waals surface area contributed by atoms with E-state index in [1.165, 1.54) is 47.1 Å². The molecular weight excluding hydrogens is 705 g/mol. The summed E-state index contributed by atoms with van der Waals surface area (Å²) in [7, 11) is 0. The van der Waals surface area contributed by atoms with Gasteiger partial charge in [-0.1, -0.05) is 115 Å². The summed E-state index contributed by atoms with van der Waals surface area (Å²) in [6.07, 6.45) is 0. The zero-order chi connectivity index (χ0) is 36.5. The number of thiophene rings is 1. The number of aromatic nitrogens is 4. The molecule has 0 fully saturated rings. The number of furan rings is 1. The van der Waals surface area contributed by atoms with Crippen LogP contribution in [0.1, 0.15) is 0 Å². The minimum atomic E-state index is 0.612. The Morgan fingerprint density at radius 3 is 1.95 bits per heavy atom. The molecule has 0 aliphatic rings. The first-order valence-corrected chi connectivity index (χ1v) is 19.7. The molecule has 13 rings (SSSR count). The smallest absolute Gasteiger partial charge is 0.236 e. The monoisotopic (exact) mass is 732 g/mol.